The van der Waals surface area contributed by atoms with Crippen molar-refractivity contribution in [3.05, 3.63) is 64.7 Å². The number of thioether (sulfide) groups is 1. The summed E-state index contributed by atoms with van der Waals surface area (Å²) in [6.45, 7) is 0. The Kier molecular flexibility index (Phi) is 5.74. The van der Waals surface area contributed by atoms with Crippen molar-refractivity contribution in [3.63, 3.8) is 0 Å². The van der Waals surface area contributed by atoms with Crippen LogP contribution in [-0.2, 0) is 9.53 Å². The first-order valence-electron chi connectivity index (χ1n) is 7.96. The zero-order chi connectivity index (χ0) is 18.7. The van der Waals surface area contributed by atoms with Gasteiger partial charge in [-0.3, -0.25) is 4.79 Å². The number of ether oxygens (including phenoxy) is 2. The molecule has 2 aromatic rings. The molecule has 5 nitrogen and oxygen atoms in total. The Labute approximate surface area is 161 Å². The van der Waals surface area contributed by atoms with Gasteiger partial charge in [0.15, 0.2) is 0 Å². The molecular weight excluding hydrogens is 374 g/mol. The number of esters is 1. The van der Waals surface area contributed by atoms with Crippen molar-refractivity contribution in [2.45, 2.75) is 11.4 Å². The molecule has 7 heteroatoms. The molecule has 3 rings (SSSR count). The topological polar surface area (TPSA) is 55.8 Å². The highest BCUT2D eigenvalue weighted by Gasteiger charge is 2.43. The number of hydrogen-bond acceptors (Lipinski definition) is 5. The molecule has 0 saturated carbocycles. The van der Waals surface area contributed by atoms with Crippen molar-refractivity contribution in [1.29, 1.82) is 0 Å². The van der Waals surface area contributed by atoms with Crippen molar-refractivity contribution in [3.8, 4) is 5.75 Å². The minimum atomic E-state index is -0.639. The van der Waals surface area contributed by atoms with E-state index in [1.807, 2.05) is 12.1 Å². The Balaban J connectivity index is 1.95. The second-order valence-electron chi connectivity index (χ2n) is 5.72. The normalized spacial score (nSPS) is 19.3. The molecule has 1 saturated heterocycles. The Bertz CT molecular complexity index is 794. The lowest BCUT2D eigenvalue weighted by Crippen LogP contribution is -2.43. The highest BCUT2D eigenvalue weighted by molar-refractivity contribution is 7.99. The molecule has 0 aliphatic carbocycles. The molecule has 1 heterocycles. The van der Waals surface area contributed by atoms with Crippen LogP contribution in [0.4, 0.5) is 0 Å². The maximum absolute atomic E-state index is 13.2. The molecule has 0 unspecified atom stereocenters. The van der Waals surface area contributed by atoms with E-state index in [9.17, 15) is 9.59 Å². The third kappa shape index (κ3) is 3.66. The van der Waals surface area contributed by atoms with Gasteiger partial charge in [0.1, 0.15) is 17.2 Å². The van der Waals surface area contributed by atoms with Crippen molar-refractivity contribution >= 4 is 35.2 Å². The lowest BCUT2D eigenvalue weighted by atomic mass is 10.1. The van der Waals surface area contributed by atoms with Crippen molar-refractivity contribution in [2.24, 2.45) is 0 Å². The molecule has 0 N–H and O–H groups in total. The summed E-state index contributed by atoms with van der Waals surface area (Å²) in [5.74, 6) is 0.488. The van der Waals surface area contributed by atoms with E-state index >= 15 is 0 Å². The Morgan fingerprint density at radius 3 is 2.31 bits per heavy atom. The van der Waals surface area contributed by atoms with Crippen LogP contribution in [0.25, 0.3) is 0 Å². The summed E-state index contributed by atoms with van der Waals surface area (Å²) >= 11 is 7.50. The van der Waals surface area contributed by atoms with Crippen LogP contribution in [0.15, 0.2) is 48.5 Å². The lowest BCUT2D eigenvalue weighted by Gasteiger charge is -2.28. The molecule has 0 bridgehead atoms. The van der Waals surface area contributed by atoms with Gasteiger partial charge in [0.05, 0.1) is 14.2 Å². The van der Waals surface area contributed by atoms with Gasteiger partial charge < -0.3 is 14.4 Å². The monoisotopic (exact) mass is 391 g/mol. The highest BCUT2D eigenvalue weighted by Crippen LogP contribution is 2.42. The summed E-state index contributed by atoms with van der Waals surface area (Å²) in [4.78, 5) is 27.0. The van der Waals surface area contributed by atoms with Gasteiger partial charge in [0.2, 0.25) is 0 Å². The predicted octanol–water partition coefficient (Wildman–Crippen LogP) is 3.78. The number of amides is 1. The van der Waals surface area contributed by atoms with Crippen LogP contribution >= 0.6 is 23.4 Å². The molecule has 0 spiro atoms. The van der Waals surface area contributed by atoms with Crippen LogP contribution in [0, 0.1) is 0 Å². The number of rotatable bonds is 4. The molecule has 2 atom stereocenters. The maximum atomic E-state index is 13.2. The summed E-state index contributed by atoms with van der Waals surface area (Å²) in [6.07, 6.45) is 0. The fourth-order valence-corrected chi connectivity index (χ4v) is 4.38. The Morgan fingerprint density at radius 1 is 1.08 bits per heavy atom. The minimum absolute atomic E-state index is 0.229. The SMILES string of the molecule is COC(=O)[C@@H]1CS[C@@H](c2ccc(Cl)cc2)N1C(=O)c1ccc(OC)cc1. The van der Waals surface area contributed by atoms with Gasteiger partial charge in [-0.05, 0) is 42.0 Å². The Morgan fingerprint density at radius 2 is 1.73 bits per heavy atom. The largest absolute Gasteiger partial charge is 0.497 e. The Hall–Kier alpha value is -2.18. The second-order valence-corrected chi connectivity index (χ2v) is 7.27. The van der Waals surface area contributed by atoms with Crippen molar-refractivity contribution < 1.29 is 19.1 Å². The van der Waals surface area contributed by atoms with E-state index in [0.29, 0.717) is 22.1 Å². The molecule has 0 radical (unpaired) electrons. The number of methoxy groups -OCH3 is 2. The van der Waals surface area contributed by atoms with E-state index in [-0.39, 0.29) is 11.3 Å². The summed E-state index contributed by atoms with van der Waals surface area (Å²) in [5, 5.41) is 0.334. The number of benzene rings is 2. The van der Waals surface area contributed by atoms with Gasteiger partial charge in [0, 0.05) is 16.3 Å². The quantitative estimate of drug-likeness (QED) is 0.742. The van der Waals surface area contributed by atoms with Gasteiger partial charge in [-0.25, -0.2) is 4.79 Å². The third-order valence-corrected chi connectivity index (χ3v) is 5.78. The molecule has 0 aromatic heterocycles. The fraction of sp³-hybridized carbons (Fsp3) is 0.263. The molecule has 1 aliphatic rings. The van der Waals surface area contributed by atoms with Crippen molar-refractivity contribution in [2.75, 3.05) is 20.0 Å². The van der Waals surface area contributed by atoms with E-state index in [4.69, 9.17) is 21.1 Å². The van der Waals surface area contributed by atoms with Crippen LogP contribution in [0.1, 0.15) is 21.3 Å². The summed E-state index contributed by atoms with van der Waals surface area (Å²) in [6, 6.07) is 13.5. The molecule has 1 amide bonds. The average molecular weight is 392 g/mol. The number of halogens is 1. The van der Waals surface area contributed by atoms with Crippen LogP contribution < -0.4 is 4.74 Å². The lowest BCUT2D eigenvalue weighted by molar-refractivity contribution is -0.145. The first-order valence-corrected chi connectivity index (χ1v) is 9.39. The third-order valence-electron chi connectivity index (χ3n) is 4.20. The summed E-state index contributed by atoms with van der Waals surface area (Å²) in [7, 11) is 2.90. The molecule has 1 aliphatic heterocycles. The van der Waals surface area contributed by atoms with E-state index in [0.717, 1.165) is 5.56 Å². The molecule has 26 heavy (non-hydrogen) atoms. The van der Waals surface area contributed by atoms with Crippen LogP contribution in [0.3, 0.4) is 0 Å². The standard InChI is InChI=1S/C19H18ClNO4S/c1-24-15-9-5-12(6-10-15)17(22)21-16(19(23)25-2)11-26-18(21)13-3-7-14(20)8-4-13/h3-10,16,18H,11H2,1-2H3/t16-,18-/m0/s1. The van der Waals surface area contributed by atoms with E-state index < -0.39 is 12.0 Å². The fourth-order valence-electron chi connectivity index (χ4n) is 2.84. The van der Waals surface area contributed by atoms with Gasteiger partial charge >= 0.3 is 5.97 Å². The minimum Gasteiger partial charge on any atom is -0.497 e. The molecule has 2 aromatic carbocycles. The van der Waals surface area contributed by atoms with Gasteiger partial charge in [-0.1, -0.05) is 23.7 Å². The zero-order valence-corrected chi connectivity index (χ0v) is 15.9. The molecule has 1 fully saturated rings. The van der Waals surface area contributed by atoms with Gasteiger partial charge in [-0.15, -0.1) is 11.8 Å². The summed E-state index contributed by atoms with van der Waals surface area (Å²) < 4.78 is 10.0. The first kappa shape index (κ1) is 18.6. The number of nitrogens with zero attached hydrogens (tertiary/aromatic N) is 1. The predicted molar refractivity (Wildman–Crippen MR) is 102 cm³/mol. The maximum Gasteiger partial charge on any atom is 0.329 e. The molecular formula is C19H18ClNO4S. The number of carbonyl (C=O) groups is 2. The second kappa shape index (κ2) is 8.01. The smallest absolute Gasteiger partial charge is 0.329 e. The van der Waals surface area contributed by atoms with Crippen LogP contribution in [-0.4, -0.2) is 42.8 Å². The summed E-state index contributed by atoms with van der Waals surface area (Å²) in [5.41, 5.74) is 1.40. The van der Waals surface area contributed by atoms with E-state index in [1.165, 1.54) is 18.9 Å². The molecule has 136 valence electrons. The van der Waals surface area contributed by atoms with Crippen LogP contribution in [0.2, 0.25) is 5.02 Å². The first-order chi connectivity index (χ1) is 12.5. The zero-order valence-electron chi connectivity index (χ0n) is 14.3. The number of carbonyl (C=O) groups excluding carboxylic acids is 2. The van der Waals surface area contributed by atoms with Crippen molar-refractivity contribution in [1.82, 2.24) is 4.90 Å². The van der Waals surface area contributed by atoms with Gasteiger partial charge in [-0.2, -0.15) is 0 Å². The van der Waals surface area contributed by atoms with Gasteiger partial charge in [0.25, 0.3) is 5.91 Å². The highest BCUT2D eigenvalue weighted by atomic mass is 35.5. The van der Waals surface area contributed by atoms with Crippen LogP contribution in [0.5, 0.6) is 5.75 Å². The average Bonchev–Trinajstić information content (AvgIpc) is 3.12. The number of hydrogen-bond donors (Lipinski definition) is 0. The van der Waals surface area contributed by atoms with E-state index in [2.05, 4.69) is 0 Å². The van der Waals surface area contributed by atoms with E-state index in [1.54, 1.807) is 48.4 Å².